The van der Waals surface area contributed by atoms with E-state index in [0.29, 0.717) is 5.92 Å². The van der Waals surface area contributed by atoms with Gasteiger partial charge in [0.25, 0.3) is 5.91 Å². The van der Waals surface area contributed by atoms with Gasteiger partial charge in [-0.05, 0) is 61.9 Å². The first kappa shape index (κ1) is 22.4. The van der Waals surface area contributed by atoms with Crippen LogP contribution in [0, 0.1) is 5.92 Å². The number of alkyl halides is 3. The molecule has 4 rings (SSSR count). The summed E-state index contributed by atoms with van der Waals surface area (Å²) in [5.74, 6) is 0.576. The van der Waals surface area contributed by atoms with Gasteiger partial charge in [-0.15, -0.1) is 0 Å². The predicted molar refractivity (Wildman–Crippen MR) is 117 cm³/mol. The zero-order chi connectivity index (χ0) is 22.9. The van der Waals surface area contributed by atoms with Gasteiger partial charge in [-0.2, -0.15) is 18.3 Å². The zero-order valence-corrected chi connectivity index (χ0v) is 18.2. The van der Waals surface area contributed by atoms with Gasteiger partial charge in [0.1, 0.15) is 5.52 Å². The number of nitrogens with one attached hydrogen (secondary N) is 2. The van der Waals surface area contributed by atoms with E-state index >= 15 is 0 Å². The monoisotopic (exact) mass is 465 g/mol. The standard InChI is InChI=1S/C22H23ClF3N5O/c1-31-18-3-2-10-27-19(18)20(30-31)28-12-13-4-7-15(8-5-13)29-21(32)16-11-14(22(24,25)26)6-9-17(16)23/h2-3,6,9-11,13,15H,4-5,7-8,12H2,1H3,(H,28,30)(H,29,32)/t13-,15-. The topological polar surface area (TPSA) is 71.8 Å². The van der Waals surface area contributed by atoms with Gasteiger partial charge in [0.05, 0.1) is 21.7 Å². The number of anilines is 1. The van der Waals surface area contributed by atoms with Gasteiger partial charge in [-0.25, -0.2) is 0 Å². The van der Waals surface area contributed by atoms with Gasteiger partial charge in [0.2, 0.25) is 0 Å². The number of hydrogen-bond acceptors (Lipinski definition) is 4. The maximum atomic E-state index is 13.0. The molecule has 0 spiro atoms. The molecule has 3 aromatic rings. The Labute approximate surface area is 188 Å². The van der Waals surface area contributed by atoms with Crippen molar-refractivity contribution in [3.63, 3.8) is 0 Å². The Morgan fingerprint density at radius 1 is 1.22 bits per heavy atom. The molecule has 1 saturated carbocycles. The Bertz CT molecular complexity index is 1120. The van der Waals surface area contributed by atoms with Gasteiger partial charge >= 0.3 is 6.18 Å². The summed E-state index contributed by atoms with van der Waals surface area (Å²) in [5, 5.41) is 10.7. The molecule has 1 fully saturated rings. The fourth-order valence-electron chi connectivity index (χ4n) is 4.10. The van der Waals surface area contributed by atoms with Crippen molar-refractivity contribution in [3.8, 4) is 0 Å². The van der Waals surface area contributed by atoms with Crippen molar-refractivity contribution >= 4 is 34.4 Å². The molecule has 170 valence electrons. The van der Waals surface area contributed by atoms with Crippen LogP contribution >= 0.6 is 11.6 Å². The number of amides is 1. The lowest BCUT2D eigenvalue weighted by molar-refractivity contribution is -0.137. The fraction of sp³-hybridized carbons (Fsp3) is 0.409. The van der Waals surface area contributed by atoms with Gasteiger partial charge in [0.15, 0.2) is 5.82 Å². The smallest absolute Gasteiger partial charge is 0.367 e. The largest absolute Gasteiger partial charge is 0.416 e. The summed E-state index contributed by atoms with van der Waals surface area (Å²) in [6, 6.07) is 6.52. The molecule has 0 atom stereocenters. The quantitative estimate of drug-likeness (QED) is 0.553. The Balaban J connectivity index is 1.31. The molecule has 1 aromatic carbocycles. The molecule has 2 heterocycles. The van der Waals surface area contributed by atoms with Gasteiger partial charge in [-0.3, -0.25) is 14.5 Å². The van der Waals surface area contributed by atoms with Crippen LogP contribution < -0.4 is 10.6 Å². The second-order valence-electron chi connectivity index (χ2n) is 8.11. The Morgan fingerprint density at radius 2 is 1.97 bits per heavy atom. The molecule has 2 aromatic heterocycles. The lowest BCUT2D eigenvalue weighted by Gasteiger charge is -2.29. The van der Waals surface area contributed by atoms with E-state index in [-0.39, 0.29) is 16.6 Å². The second-order valence-corrected chi connectivity index (χ2v) is 8.51. The lowest BCUT2D eigenvalue weighted by atomic mass is 9.86. The van der Waals surface area contributed by atoms with E-state index in [1.807, 2.05) is 19.2 Å². The summed E-state index contributed by atoms with van der Waals surface area (Å²) >= 11 is 5.98. The maximum absolute atomic E-state index is 13.0. The van der Waals surface area contributed by atoms with Crippen molar-refractivity contribution in [3.05, 3.63) is 52.7 Å². The number of halogens is 4. The number of nitrogens with zero attached hydrogens (tertiary/aromatic N) is 3. The summed E-state index contributed by atoms with van der Waals surface area (Å²) < 4.78 is 40.7. The van der Waals surface area contributed by atoms with E-state index in [2.05, 4.69) is 20.7 Å². The molecule has 32 heavy (non-hydrogen) atoms. The van der Waals surface area contributed by atoms with Gasteiger partial charge in [0, 0.05) is 25.8 Å². The van der Waals surface area contributed by atoms with Crippen molar-refractivity contribution in [2.24, 2.45) is 13.0 Å². The third-order valence-corrected chi connectivity index (χ3v) is 6.22. The number of fused-ring (bicyclic) bond motifs is 1. The molecular formula is C22H23ClF3N5O. The number of hydrogen-bond donors (Lipinski definition) is 2. The van der Waals surface area contributed by atoms with Gasteiger partial charge < -0.3 is 10.6 Å². The molecule has 0 unspecified atom stereocenters. The Hall–Kier alpha value is -2.81. The molecule has 1 aliphatic rings. The van der Waals surface area contributed by atoms with Crippen LogP contribution in [0.4, 0.5) is 19.0 Å². The number of rotatable bonds is 5. The molecular weight excluding hydrogens is 443 g/mol. The molecule has 6 nitrogen and oxygen atoms in total. The third kappa shape index (κ3) is 4.82. The van der Waals surface area contributed by atoms with Crippen LogP contribution in [-0.2, 0) is 13.2 Å². The van der Waals surface area contributed by atoms with Crippen LogP contribution in [0.5, 0.6) is 0 Å². The Kier molecular flexibility index (Phi) is 6.28. The van der Waals surface area contributed by atoms with Crippen LogP contribution in [-0.4, -0.2) is 33.3 Å². The van der Waals surface area contributed by atoms with Crippen molar-refractivity contribution in [1.82, 2.24) is 20.1 Å². The van der Waals surface area contributed by atoms with Crippen LogP contribution in [0.15, 0.2) is 36.5 Å². The van der Waals surface area contributed by atoms with Crippen LogP contribution in [0.2, 0.25) is 5.02 Å². The first-order valence-electron chi connectivity index (χ1n) is 10.4. The summed E-state index contributed by atoms with van der Waals surface area (Å²) in [7, 11) is 1.87. The highest BCUT2D eigenvalue weighted by atomic mass is 35.5. The molecule has 1 aliphatic carbocycles. The minimum atomic E-state index is -4.53. The molecule has 1 amide bonds. The fourth-order valence-corrected chi connectivity index (χ4v) is 4.30. The SMILES string of the molecule is Cn1nc(NC[C@H]2CC[C@H](NC(=O)c3cc(C(F)(F)F)ccc3Cl)CC2)c2ncccc21. The minimum Gasteiger partial charge on any atom is -0.367 e. The molecule has 2 N–H and O–H groups in total. The Morgan fingerprint density at radius 3 is 2.69 bits per heavy atom. The van der Waals surface area contributed by atoms with Crippen LogP contribution in [0.25, 0.3) is 11.0 Å². The number of aryl methyl sites for hydroxylation is 1. The number of aromatic nitrogens is 3. The molecule has 0 aliphatic heterocycles. The lowest BCUT2D eigenvalue weighted by Crippen LogP contribution is -2.38. The van der Waals surface area contributed by atoms with Crippen molar-refractivity contribution in [2.75, 3.05) is 11.9 Å². The summed E-state index contributed by atoms with van der Waals surface area (Å²) in [6.45, 7) is 0.739. The average Bonchev–Trinajstić information content (AvgIpc) is 3.08. The minimum absolute atomic E-state index is 0.00424. The van der Waals surface area contributed by atoms with Gasteiger partial charge in [-0.1, -0.05) is 11.6 Å². The number of pyridine rings is 1. The molecule has 0 saturated heterocycles. The normalized spacial score (nSPS) is 19.2. The first-order chi connectivity index (χ1) is 15.2. The average molecular weight is 466 g/mol. The third-order valence-electron chi connectivity index (χ3n) is 5.89. The van der Waals surface area contributed by atoms with Crippen molar-refractivity contribution in [1.29, 1.82) is 0 Å². The number of carbonyl (C=O) groups is 1. The van der Waals surface area contributed by atoms with E-state index in [1.165, 1.54) is 0 Å². The first-order valence-corrected chi connectivity index (χ1v) is 10.8. The highest BCUT2D eigenvalue weighted by Crippen LogP contribution is 2.32. The molecule has 0 radical (unpaired) electrons. The maximum Gasteiger partial charge on any atom is 0.416 e. The second kappa shape index (κ2) is 8.97. The van der Waals surface area contributed by atoms with E-state index in [1.54, 1.807) is 10.9 Å². The zero-order valence-electron chi connectivity index (χ0n) is 17.4. The summed E-state index contributed by atoms with van der Waals surface area (Å²) in [6.07, 6.45) is 0.462. The highest BCUT2D eigenvalue weighted by molar-refractivity contribution is 6.33. The van der Waals surface area contributed by atoms with Crippen LogP contribution in [0.1, 0.15) is 41.6 Å². The van der Waals surface area contributed by atoms with Crippen molar-refractivity contribution in [2.45, 2.75) is 37.9 Å². The predicted octanol–water partition coefficient (Wildman–Crippen LogP) is 5.04. The van der Waals surface area contributed by atoms with Crippen molar-refractivity contribution < 1.29 is 18.0 Å². The number of benzene rings is 1. The van der Waals surface area contributed by atoms with Crippen LogP contribution in [0.3, 0.4) is 0 Å². The van der Waals surface area contributed by atoms with E-state index in [9.17, 15) is 18.0 Å². The van der Waals surface area contributed by atoms with E-state index < -0.39 is 17.6 Å². The summed E-state index contributed by atoms with van der Waals surface area (Å²) in [4.78, 5) is 16.9. The molecule has 0 bridgehead atoms. The number of carbonyl (C=O) groups excluding carboxylic acids is 1. The molecule has 10 heteroatoms. The summed E-state index contributed by atoms with van der Waals surface area (Å²) in [5.41, 5.74) is 0.738. The highest BCUT2D eigenvalue weighted by Gasteiger charge is 2.32. The van der Waals surface area contributed by atoms with E-state index in [4.69, 9.17) is 11.6 Å². The van der Waals surface area contributed by atoms with E-state index in [0.717, 1.165) is 67.3 Å².